The van der Waals surface area contributed by atoms with Gasteiger partial charge in [-0.1, -0.05) is 24.3 Å². The normalized spacial score (nSPS) is 31.6. The van der Waals surface area contributed by atoms with E-state index in [2.05, 4.69) is 10.6 Å². The number of carboxylic acids is 2. The molecular formula is C16H16N2O6. The number of amides is 2. The monoisotopic (exact) mass is 332 g/mol. The summed E-state index contributed by atoms with van der Waals surface area (Å²) in [5.74, 6) is -6.39. The molecule has 126 valence electrons. The molecule has 0 bridgehead atoms. The van der Waals surface area contributed by atoms with Crippen LogP contribution >= 0.6 is 0 Å². The van der Waals surface area contributed by atoms with Gasteiger partial charge in [0, 0.05) is 6.04 Å². The molecule has 2 fully saturated rings. The van der Waals surface area contributed by atoms with Crippen molar-refractivity contribution in [3.63, 3.8) is 0 Å². The van der Waals surface area contributed by atoms with Crippen LogP contribution in [0.15, 0.2) is 24.3 Å². The summed E-state index contributed by atoms with van der Waals surface area (Å²) in [7, 11) is 0. The van der Waals surface area contributed by atoms with E-state index < -0.39 is 53.6 Å². The van der Waals surface area contributed by atoms with E-state index in [4.69, 9.17) is 5.11 Å². The lowest BCUT2D eigenvalue weighted by molar-refractivity contribution is -0.154. The summed E-state index contributed by atoms with van der Waals surface area (Å²) < 4.78 is 0. The third kappa shape index (κ3) is 2.18. The molecule has 2 aliphatic rings. The van der Waals surface area contributed by atoms with E-state index in [1.807, 2.05) is 0 Å². The molecule has 0 aliphatic carbocycles. The molecule has 4 atom stereocenters. The molecule has 0 saturated carbocycles. The van der Waals surface area contributed by atoms with E-state index in [1.54, 1.807) is 31.2 Å². The second-order valence-corrected chi connectivity index (χ2v) is 6.18. The minimum Gasteiger partial charge on any atom is -0.481 e. The Morgan fingerprint density at radius 2 is 1.83 bits per heavy atom. The van der Waals surface area contributed by atoms with Gasteiger partial charge < -0.3 is 10.2 Å². The van der Waals surface area contributed by atoms with Crippen molar-refractivity contribution in [2.45, 2.75) is 24.9 Å². The third-order valence-corrected chi connectivity index (χ3v) is 4.83. The number of rotatable bonds is 4. The lowest BCUT2D eigenvalue weighted by Gasteiger charge is -2.28. The molecule has 3 rings (SSSR count). The van der Waals surface area contributed by atoms with Gasteiger partial charge in [-0.2, -0.15) is 0 Å². The van der Waals surface area contributed by atoms with Gasteiger partial charge in [-0.15, -0.1) is 0 Å². The van der Waals surface area contributed by atoms with Crippen LogP contribution in [0, 0.1) is 18.8 Å². The van der Waals surface area contributed by atoms with Crippen molar-refractivity contribution in [3.8, 4) is 0 Å². The number of nitrogens with one attached hydrogen (secondary N) is 2. The highest BCUT2D eigenvalue weighted by molar-refractivity contribution is 6.10. The first-order valence-corrected chi connectivity index (χ1v) is 7.41. The Labute approximate surface area is 136 Å². The van der Waals surface area contributed by atoms with Gasteiger partial charge in [0.2, 0.25) is 11.8 Å². The fourth-order valence-electron chi connectivity index (χ4n) is 3.80. The van der Waals surface area contributed by atoms with Crippen molar-refractivity contribution in [1.82, 2.24) is 10.6 Å². The minimum absolute atomic E-state index is 0.584. The summed E-state index contributed by atoms with van der Waals surface area (Å²) in [5.41, 5.74) is -0.539. The van der Waals surface area contributed by atoms with Gasteiger partial charge in [0.1, 0.15) is 5.54 Å². The molecule has 0 spiro atoms. The number of fused-ring (bicyclic) bond motifs is 1. The van der Waals surface area contributed by atoms with Crippen LogP contribution in [0.2, 0.25) is 0 Å². The number of carbonyl (C=O) groups excluding carboxylic acids is 2. The van der Waals surface area contributed by atoms with Crippen molar-refractivity contribution in [2.75, 3.05) is 0 Å². The first-order chi connectivity index (χ1) is 11.3. The van der Waals surface area contributed by atoms with Crippen molar-refractivity contribution in [3.05, 3.63) is 35.4 Å². The number of carbonyl (C=O) groups is 4. The maximum Gasteiger partial charge on any atom is 0.325 e. The van der Waals surface area contributed by atoms with Gasteiger partial charge in [-0.25, -0.2) is 0 Å². The summed E-state index contributed by atoms with van der Waals surface area (Å²) in [4.78, 5) is 47.6. The summed E-state index contributed by atoms with van der Waals surface area (Å²) in [6.45, 7) is 1.80. The maximum atomic E-state index is 12.2. The number of hydrogen-bond acceptors (Lipinski definition) is 5. The average Bonchev–Trinajstić information content (AvgIpc) is 2.97. The molecule has 24 heavy (non-hydrogen) atoms. The zero-order valence-electron chi connectivity index (χ0n) is 12.8. The molecule has 0 aromatic heterocycles. The van der Waals surface area contributed by atoms with Crippen LogP contribution in [0.1, 0.15) is 23.6 Å². The number of imide groups is 1. The van der Waals surface area contributed by atoms with Gasteiger partial charge in [-0.3, -0.25) is 29.8 Å². The fraction of sp³-hybridized carbons (Fsp3) is 0.375. The number of carboxylic acid groups (broad SMARTS) is 2. The molecule has 2 aliphatic heterocycles. The van der Waals surface area contributed by atoms with E-state index >= 15 is 0 Å². The van der Waals surface area contributed by atoms with Gasteiger partial charge in [0.05, 0.1) is 18.3 Å². The minimum atomic E-state index is -2.03. The highest BCUT2D eigenvalue weighted by atomic mass is 16.4. The largest absolute Gasteiger partial charge is 0.481 e. The Morgan fingerprint density at radius 1 is 1.17 bits per heavy atom. The maximum absolute atomic E-state index is 12.2. The summed E-state index contributed by atoms with van der Waals surface area (Å²) in [6, 6.07) is 6.33. The number of aryl methyl sites for hydroxylation is 1. The molecule has 4 N–H and O–H groups in total. The summed E-state index contributed by atoms with van der Waals surface area (Å²) in [5, 5.41) is 23.8. The van der Waals surface area contributed by atoms with Crippen LogP contribution in [-0.2, 0) is 19.2 Å². The first kappa shape index (κ1) is 16.1. The predicted molar refractivity (Wildman–Crippen MR) is 79.8 cm³/mol. The van der Waals surface area contributed by atoms with Crippen molar-refractivity contribution >= 4 is 23.8 Å². The van der Waals surface area contributed by atoms with E-state index in [-0.39, 0.29) is 0 Å². The van der Waals surface area contributed by atoms with E-state index in [0.29, 0.717) is 5.56 Å². The molecule has 2 heterocycles. The molecule has 2 amide bonds. The second-order valence-electron chi connectivity index (χ2n) is 6.18. The molecule has 1 aromatic carbocycles. The molecule has 0 radical (unpaired) electrons. The molecule has 8 nitrogen and oxygen atoms in total. The Bertz CT molecular complexity index is 761. The first-order valence-electron chi connectivity index (χ1n) is 7.41. The Kier molecular flexibility index (Phi) is 3.64. The average molecular weight is 332 g/mol. The zero-order chi connectivity index (χ0) is 17.6. The molecule has 4 unspecified atom stereocenters. The molecule has 2 saturated heterocycles. The van der Waals surface area contributed by atoms with Gasteiger partial charge >= 0.3 is 11.9 Å². The highest BCUT2D eigenvalue weighted by Gasteiger charge is 2.67. The topological polar surface area (TPSA) is 133 Å². The van der Waals surface area contributed by atoms with E-state index in [9.17, 15) is 24.3 Å². The molecular weight excluding hydrogens is 316 g/mol. The number of hydrogen-bond donors (Lipinski definition) is 4. The molecule has 8 heteroatoms. The van der Waals surface area contributed by atoms with E-state index in [1.165, 1.54) is 0 Å². The Morgan fingerprint density at radius 3 is 2.42 bits per heavy atom. The van der Waals surface area contributed by atoms with Crippen LogP contribution < -0.4 is 10.6 Å². The molecule has 1 aromatic rings. The summed E-state index contributed by atoms with van der Waals surface area (Å²) >= 11 is 0. The third-order valence-electron chi connectivity index (χ3n) is 4.83. The lowest BCUT2D eigenvalue weighted by atomic mass is 9.77. The van der Waals surface area contributed by atoms with Gasteiger partial charge in [0.25, 0.3) is 0 Å². The van der Waals surface area contributed by atoms with E-state index in [0.717, 1.165) is 5.56 Å². The van der Waals surface area contributed by atoms with Gasteiger partial charge in [-0.05, 0) is 18.1 Å². The standard InChI is InChI=1S/C16H16N2O6/c1-7-4-2-3-5-8(7)12-10-11(14(22)17-13(10)21)16(18-12,15(23)24)6-9(19)20/h2-5,10-12,18H,6H2,1H3,(H,19,20)(H,23,24)(H,17,21,22). The smallest absolute Gasteiger partial charge is 0.325 e. The van der Waals surface area contributed by atoms with Crippen LogP contribution in [0.25, 0.3) is 0 Å². The van der Waals surface area contributed by atoms with Crippen LogP contribution in [0.3, 0.4) is 0 Å². The van der Waals surface area contributed by atoms with Gasteiger partial charge in [0.15, 0.2) is 0 Å². The zero-order valence-corrected chi connectivity index (χ0v) is 12.8. The van der Waals surface area contributed by atoms with Crippen LogP contribution in [0.4, 0.5) is 0 Å². The fourth-order valence-corrected chi connectivity index (χ4v) is 3.80. The Hall–Kier alpha value is -2.74. The van der Waals surface area contributed by atoms with Crippen LogP contribution in [-0.4, -0.2) is 39.5 Å². The number of aliphatic carboxylic acids is 2. The summed E-state index contributed by atoms with van der Waals surface area (Å²) in [6.07, 6.45) is -0.799. The lowest BCUT2D eigenvalue weighted by Crippen LogP contribution is -2.56. The SMILES string of the molecule is Cc1ccccc1C1NC(CC(=O)O)(C(=O)O)C2C(=O)NC(=O)C12. The van der Waals surface area contributed by atoms with Crippen molar-refractivity contribution in [1.29, 1.82) is 0 Å². The highest BCUT2D eigenvalue weighted by Crippen LogP contribution is 2.48. The quantitative estimate of drug-likeness (QED) is 0.562. The van der Waals surface area contributed by atoms with Crippen LogP contribution in [0.5, 0.6) is 0 Å². The second kappa shape index (κ2) is 5.41. The van der Waals surface area contributed by atoms with Crippen molar-refractivity contribution in [2.24, 2.45) is 11.8 Å². The Balaban J connectivity index is 2.15. The van der Waals surface area contributed by atoms with Crippen molar-refractivity contribution < 1.29 is 29.4 Å². The predicted octanol–water partition coefficient (Wildman–Crippen LogP) is -0.174. The number of benzene rings is 1.